The van der Waals surface area contributed by atoms with Gasteiger partial charge < -0.3 is 15.4 Å². The van der Waals surface area contributed by atoms with Gasteiger partial charge in [0.05, 0.1) is 16.7 Å². The molecule has 0 saturated carbocycles. The van der Waals surface area contributed by atoms with Gasteiger partial charge in [-0.1, -0.05) is 6.07 Å². The number of halogens is 1. The van der Waals surface area contributed by atoms with E-state index in [0.717, 1.165) is 19.4 Å². The molecule has 1 atom stereocenters. The number of carbonyl (C=O) groups excluding carboxylic acids is 1. The summed E-state index contributed by atoms with van der Waals surface area (Å²) in [6.45, 7) is 1.38. The topological polar surface area (TPSA) is 50.4 Å². The lowest BCUT2D eigenvalue weighted by atomic mass is 10.2. The molecule has 6 heteroatoms. The van der Waals surface area contributed by atoms with Crippen molar-refractivity contribution in [3.05, 3.63) is 46.4 Å². The third-order valence-electron chi connectivity index (χ3n) is 3.52. The summed E-state index contributed by atoms with van der Waals surface area (Å²) >= 11 is 1.35. The van der Waals surface area contributed by atoms with Crippen molar-refractivity contribution in [2.24, 2.45) is 0 Å². The highest BCUT2D eigenvalue weighted by atomic mass is 32.1. The monoisotopic (exact) mass is 320 g/mol. The predicted molar refractivity (Wildman–Crippen MR) is 86.1 cm³/mol. The van der Waals surface area contributed by atoms with Crippen molar-refractivity contribution in [1.29, 1.82) is 0 Å². The van der Waals surface area contributed by atoms with E-state index in [1.54, 1.807) is 24.3 Å². The summed E-state index contributed by atoms with van der Waals surface area (Å²) in [4.78, 5) is 12.5. The van der Waals surface area contributed by atoms with E-state index >= 15 is 0 Å². The molecule has 1 aliphatic rings. The number of hydrogen-bond donors (Lipinski definition) is 2. The van der Waals surface area contributed by atoms with Crippen LogP contribution in [0.2, 0.25) is 0 Å². The lowest BCUT2D eigenvalue weighted by Crippen LogP contribution is -2.19. The molecule has 1 saturated heterocycles. The number of amides is 1. The Morgan fingerprint density at radius 3 is 3.00 bits per heavy atom. The molecule has 1 aromatic carbocycles. The third-order valence-corrected chi connectivity index (χ3v) is 4.38. The van der Waals surface area contributed by atoms with Crippen LogP contribution in [0.1, 0.15) is 22.5 Å². The number of ether oxygens (including phenoxy) is 1. The van der Waals surface area contributed by atoms with Crippen LogP contribution in [0.25, 0.3) is 0 Å². The Bertz CT molecular complexity index is 640. The summed E-state index contributed by atoms with van der Waals surface area (Å²) in [5, 5.41) is 7.57. The second kappa shape index (κ2) is 6.89. The van der Waals surface area contributed by atoms with Crippen LogP contribution in [0.4, 0.5) is 15.8 Å². The van der Waals surface area contributed by atoms with Crippen molar-refractivity contribution in [3.8, 4) is 0 Å². The lowest BCUT2D eigenvalue weighted by molar-refractivity contribution is 0.103. The number of rotatable bonds is 5. The average molecular weight is 320 g/mol. The first-order valence-corrected chi connectivity index (χ1v) is 8.10. The lowest BCUT2D eigenvalue weighted by Gasteiger charge is -2.13. The molecular weight excluding hydrogens is 303 g/mol. The minimum Gasteiger partial charge on any atom is -0.380 e. The summed E-state index contributed by atoms with van der Waals surface area (Å²) in [5.74, 6) is -0.614. The molecule has 1 unspecified atom stereocenters. The molecule has 3 rings (SSSR count). The number of anilines is 2. The van der Waals surface area contributed by atoms with Crippen molar-refractivity contribution in [1.82, 2.24) is 0 Å². The van der Waals surface area contributed by atoms with Crippen molar-refractivity contribution < 1.29 is 13.9 Å². The molecule has 0 aliphatic carbocycles. The summed E-state index contributed by atoms with van der Waals surface area (Å²) in [6, 6.07) is 8.18. The number of nitrogens with one attached hydrogen (secondary N) is 2. The quantitative estimate of drug-likeness (QED) is 0.882. The van der Waals surface area contributed by atoms with Gasteiger partial charge in [-0.2, -0.15) is 0 Å². The van der Waals surface area contributed by atoms with Crippen molar-refractivity contribution in [2.45, 2.75) is 18.9 Å². The number of thiophene rings is 1. The Morgan fingerprint density at radius 1 is 1.41 bits per heavy atom. The van der Waals surface area contributed by atoms with Crippen LogP contribution in [0.5, 0.6) is 0 Å². The summed E-state index contributed by atoms with van der Waals surface area (Å²) in [7, 11) is 0. The molecule has 2 N–H and O–H groups in total. The van der Waals surface area contributed by atoms with Gasteiger partial charge in [0.2, 0.25) is 0 Å². The molecule has 1 amide bonds. The van der Waals surface area contributed by atoms with Crippen LogP contribution >= 0.6 is 11.3 Å². The maximum atomic E-state index is 14.1. The highest BCUT2D eigenvalue weighted by Gasteiger charge is 2.16. The minimum absolute atomic E-state index is 0.151. The van der Waals surface area contributed by atoms with Crippen LogP contribution in [-0.4, -0.2) is 25.2 Å². The van der Waals surface area contributed by atoms with Gasteiger partial charge in [0.25, 0.3) is 5.91 Å². The van der Waals surface area contributed by atoms with E-state index in [2.05, 4.69) is 10.6 Å². The van der Waals surface area contributed by atoms with E-state index in [1.807, 2.05) is 5.38 Å². The highest BCUT2D eigenvalue weighted by Crippen LogP contribution is 2.21. The maximum Gasteiger partial charge on any atom is 0.265 e. The van der Waals surface area contributed by atoms with Crippen LogP contribution in [-0.2, 0) is 4.74 Å². The molecule has 2 aromatic rings. The predicted octanol–water partition coefficient (Wildman–Crippen LogP) is 3.73. The smallest absolute Gasteiger partial charge is 0.265 e. The molecule has 0 bridgehead atoms. The van der Waals surface area contributed by atoms with E-state index in [1.165, 1.54) is 17.4 Å². The fourth-order valence-electron chi connectivity index (χ4n) is 2.37. The normalized spacial score (nSPS) is 17.4. The van der Waals surface area contributed by atoms with E-state index in [0.29, 0.717) is 22.8 Å². The Morgan fingerprint density at radius 2 is 2.32 bits per heavy atom. The number of hydrogen-bond acceptors (Lipinski definition) is 4. The molecule has 4 nitrogen and oxygen atoms in total. The van der Waals surface area contributed by atoms with E-state index in [-0.39, 0.29) is 17.8 Å². The van der Waals surface area contributed by atoms with Crippen LogP contribution < -0.4 is 10.6 Å². The SMILES string of the molecule is O=C(Nc1ccc(NCC2CCCO2)c(F)c1)c1cccs1. The summed E-state index contributed by atoms with van der Waals surface area (Å²) in [5.41, 5.74) is 0.864. The van der Waals surface area contributed by atoms with Crippen LogP contribution in [0.15, 0.2) is 35.7 Å². The second-order valence-corrected chi connectivity index (χ2v) is 6.09. The minimum atomic E-state index is -0.387. The van der Waals surface area contributed by atoms with E-state index < -0.39 is 0 Å². The highest BCUT2D eigenvalue weighted by molar-refractivity contribution is 7.12. The zero-order valence-electron chi connectivity index (χ0n) is 12.0. The Labute approximate surface area is 132 Å². The van der Waals surface area contributed by atoms with Gasteiger partial charge in [0.15, 0.2) is 0 Å². The Balaban J connectivity index is 1.60. The summed E-state index contributed by atoms with van der Waals surface area (Å²) < 4.78 is 19.6. The standard InChI is InChI=1S/C16H17FN2O2S/c17-13-9-11(19-16(20)15-4-2-8-22-15)5-6-14(13)18-10-12-3-1-7-21-12/h2,4-6,8-9,12,18H,1,3,7,10H2,(H,19,20). The third kappa shape index (κ3) is 3.64. The van der Waals surface area contributed by atoms with Crippen molar-refractivity contribution >= 4 is 28.6 Å². The van der Waals surface area contributed by atoms with Gasteiger partial charge in [0, 0.05) is 18.8 Å². The number of benzene rings is 1. The maximum absolute atomic E-state index is 14.1. The fraction of sp³-hybridized carbons (Fsp3) is 0.312. The van der Waals surface area contributed by atoms with Gasteiger partial charge in [-0.15, -0.1) is 11.3 Å². The first-order valence-electron chi connectivity index (χ1n) is 7.22. The molecule has 1 fully saturated rings. The molecular formula is C16H17FN2O2S. The Kier molecular flexibility index (Phi) is 4.70. The van der Waals surface area contributed by atoms with Gasteiger partial charge in [-0.05, 0) is 42.5 Å². The zero-order chi connectivity index (χ0) is 15.4. The molecule has 2 heterocycles. The van der Waals surface area contributed by atoms with Crippen molar-refractivity contribution in [2.75, 3.05) is 23.8 Å². The molecule has 0 spiro atoms. The average Bonchev–Trinajstić information content (AvgIpc) is 3.20. The first-order chi connectivity index (χ1) is 10.7. The Hall–Kier alpha value is -1.92. The zero-order valence-corrected chi connectivity index (χ0v) is 12.8. The largest absolute Gasteiger partial charge is 0.380 e. The van der Waals surface area contributed by atoms with E-state index in [4.69, 9.17) is 4.74 Å². The van der Waals surface area contributed by atoms with Gasteiger partial charge in [-0.3, -0.25) is 4.79 Å². The molecule has 1 aliphatic heterocycles. The van der Waals surface area contributed by atoms with Gasteiger partial charge in [-0.25, -0.2) is 4.39 Å². The van der Waals surface area contributed by atoms with Gasteiger partial charge >= 0.3 is 0 Å². The molecule has 116 valence electrons. The summed E-state index contributed by atoms with van der Waals surface area (Å²) in [6.07, 6.45) is 2.21. The molecule has 1 aromatic heterocycles. The number of carbonyl (C=O) groups is 1. The van der Waals surface area contributed by atoms with Crippen molar-refractivity contribution in [3.63, 3.8) is 0 Å². The molecule has 0 radical (unpaired) electrons. The molecule has 22 heavy (non-hydrogen) atoms. The van der Waals surface area contributed by atoms with E-state index in [9.17, 15) is 9.18 Å². The fourth-order valence-corrected chi connectivity index (χ4v) is 2.98. The van der Waals surface area contributed by atoms with Crippen LogP contribution in [0, 0.1) is 5.82 Å². The van der Waals surface area contributed by atoms with Crippen LogP contribution in [0.3, 0.4) is 0 Å². The first kappa shape index (κ1) is 15.0. The second-order valence-electron chi connectivity index (χ2n) is 5.14. The van der Waals surface area contributed by atoms with Gasteiger partial charge in [0.1, 0.15) is 5.82 Å².